The van der Waals surface area contributed by atoms with Crippen LogP contribution in [0.4, 0.5) is 13.2 Å². The molecule has 0 aromatic carbocycles. The van der Waals surface area contributed by atoms with E-state index in [9.17, 15) is 13.2 Å². The van der Waals surface area contributed by atoms with Gasteiger partial charge < -0.3 is 5.73 Å². The van der Waals surface area contributed by atoms with Gasteiger partial charge in [-0.3, -0.25) is 4.90 Å². The van der Waals surface area contributed by atoms with Gasteiger partial charge in [0.25, 0.3) is 0 Å². The van der Waals surface area contributed by atoms with Crippen molar-refractivity contribution in [3.8, 4) is 0 Å². The summed E-state index contributed by atoms with van der Waals surface area (Å²) >= 11 is 0. The summed E-state index contributed by atoms with van der Waals surface area (Å²) in [5.41, 5.74) is 5.81. The van der Waals surface area contributed by atoms with Gasteiger partial charge >= 0.3 is 6.18 Å². The monoisotopic (exact) mass is 238 g/mol. The van der Waals surface area contributed by atoms with Crippen LogP contribution in [0.3, 0.4) is 0 Å². The van der Waals surface area contributed by atoms with E-state index in [4.69, 9.17) is 5.73 Å². The van der Waals surface area contributed by atoms with Crippen LogP contribution in [0.1, 0.15) is 39.0 Å². The fourth-order valence-electron chi connectivity index (χ4n) is 2.44. The van der Waals surface area contributed by atoms with Crippen molar-refractivity contribution in [1.29, 1.82) is 0 Å². The maximum Gasteiger partial charge on any atom is 0.401 e. The molecule has 0 amide bonds. The largest absolute Gasteiger partial charge is 0.401 e. The topological polar surface area (TPSA) is 29.3 Å². The fraction of sp³-hybridized carbons (Fsp3) is 1.00. The van der Waals surface area contributed by atoms with Crippen LogP contribution < -0.4 is 5.73 Å². The van der Waals surface area contributed by atoms with E-state index in [2.05, 4.69) is 0 Å². The average molecular weight is 238 g/mol. The van der Waals surface area contributed by atoms with E-state index < -0.39 is 12.7 Å². The molecule has 0 saturated heterocycles. The summed E-state index contributed by atoms with van der Waals surface area (Å²) in [5, 5.41) is 0. The van der Waals surface area contributed by atoms with Crippen molar-refractivity contribution in [1.82, 2.24) is 4.90 Å². The van der Waals surface area contributed by atoms with E-state index in [1.807, 2.05) is 6.92 Å². The van der Waals surface area contributed by atoms with Crippen LogP contribution >= 0.6 is 0 Å². The highest BCUT2D eigenvalue weighted by atomic mass is 19.4. The molecule has 0 heterocycles. The lowest BCUT2D eigenvalue weighted by Crippen LogP contribution is -2.46. The summed E-state index contributed by atoms with van der Waals surface area (Å²) in [4.78, 5) is 1.55. The SMILES string of the molecule is CCCN(CC(F)(F)F)C1CCCC(N)C1. The third kappa shape index (κ3) is 4.70. The Morgan fingerprint density at radius 2 is 2.00 bits per heavy atom. The molecule has 0 aromatic heterocycles. The minimum absolute atomic E-state index is 0.0188. The number of halogens is 3. The minimum Gasteiger partial charge on any atom is -0.328 e. The van der Waals surface area contributed by atoms with E-state index in [-0.39, 0.29) is 12.1 Å². The van der Waals surface area contributed by atoms with Crippen molar-refractivity contribution < 1.29 is 13.2 Å². The van der Waals surface area contributed by atoms with E-state index in [1.54, 1.807) is 4.90 Å². The number of nitrogens with zero attached hydrogens (tertiary/aromatic N) is 1. The Morgan fingerprint density at radius 1 is 1.31 bits per heavy atom. The smallest absolute Gasteiger partial charge is 0.328 e. The number of hydrogen-bond donors (Lipinski definition) is 1. The van der Waals surface area contributed by atoms with Gasteiger partial charge in [0, 0.05) is 12.1 Å². The zero-order valence-electron chi connectivity index (χ0n) is 9.76. The van der Waals surface area contributed by atoms with Crippen molar-refractivity contribution in [2.24, 2.45) is 5.73 Å². The second kappa shape index (κ2) is 5.87. The minimum atomic E-state index is -4.10. The molecule has 0 bridgehead atoms. The maximum absolute atomic E-state index is 12.4. The Hall–Kier alpha value is -0.290. The quantitative estimate of drug-likeness (QED) is 0.815. The summed E-state index contributed by atoms with van der Waals surface area (Å²) in [5.74, 6) is 0. The van der Waals surface area contributed by atoms with Crippen LogP contribution in [0, 0.1) is 0 Å². The number of nitrogens with two attached hydrogens (primary N) is 1. The normalized spacial score (nSPS) is 27.4. The zero-order chi connectivity index (χ0) is 12.2. The van der Waals surface area contributed by atoms with Crippen molar-refractivity contribution >= 4 is 0 Å². The lowest BCUT2D eigenvalue weighted by Gasteiger charge is -2.36. The van der Waals surface area contributed by atoms with Crippen LogP contribution in [0.5, 0.6) is 0 Å². The molecule has 96 valence electrons. The van der Waals surface area contributed by atoms with E-state index >= 15 is 0 Å². The highest BCUT2D eigenvalue weighted by Crippen LogP contribution is 2.25. The van der Waals surface area contributed by atoms with E-state index in [0.29, 0.717) is 13.0 Å². The molecule has 0 aliphatic heterocycles. The van der Waals surface area contributed by atoms with Gasteiger partial charge in [0.15, 0.2) is 0 Å². The Kier molecular flexibility index (Phi) is 5.05. The first-order valence-electron chi connectivity index (χ1n) is 5.98. The molecule has 2 unspecified atom stereocenters. The van der Waals surface area contributed by atoms with Gasteiger partial charge in [0.1, 0.15) is 0 Å². The lowest BCUT2D eigenvalue weighted by molar-refractivity contribution is -0.152. The molecule has 5 heteroatoms. The average Bonchev–Trinajstić information content (AvgIpc) is 2.15. The first-order chi connectivity index (χ1) is 7.42. The van der Waals surface area contributed by atoms with Gasteiger partial charge in [-0.15, -0.1) is 0 Å². The highest BCUT2D eigenvalue weighted by Gasteiger charge is 2.34. The van der Waals surface area contributed by atoms with Gasteiger partial charge in [-0.25, -0.2) is 0 Å². The maximum atomic E-state index is 12.4. The zero-order valence-corrected chi connectivity index (χ0v) is 9.76. The molecule has 2 atom stereocenters. The van der Waals surface area contributed by atoms with Gasteiger partial charge in [0.2, 0.25) is 0 Å². The molecule has 1 saturated carbocycles. The Bertz CT molecular complexity index is 206. The highest BCUT2D eigenvalue weighted by molar-refractivity contribution is 4.83. The summed E-state index contributed by atoms with van der Waals surface area (Å²) in [6.07, 6.45) is 0.102. The molecule has 0 radical (unpaired) electrons. The summed E-state index contributed by atoms with van der Waals surface area (Å²) < 4.78 is 37.2. The summed E-state index contributed by atoms with van der Waals surface area (Å²) in [7, 11) is 0. The first-order valence-corrected chi connectivity index (χ1v) is 5.98. The summed E-state index contributed by atoms with van der Waals surface area (Å²) in [6.45, 7) is 1.63. The number of alkyl halides is 3. The molecule has 0 aromatic rings. The van der Waals surface area contributed by atoms with Crippen molar-refractivity contribution in [2.45, 2.75) is 57.3 Å². The van der Waals surface area contributed by atoms with Crippen LogP contribution in [0.25, 0.3) is 0 Å². The third-order valence-corrected chi connectivity index (χ3v) is 3.10. The van der Waals surface area contributed by atoms with Gasteiger partial charge in [-0.05, 0) is 32.2 Å². The van der Waals surface area contributed by atoms with Crippen LogP contribution in [0.2, 0.25) is 0 Å². The number of hydrogen-bond acceptors (Lipinski definition) is 2. The molecular weight excluding hydrogens is 217 g/mol. The number of rotatable bonds is 4. The van der Waals surface area contributed by atoms with Crippen molar-refractivity contribution in [3.63, 3.8) is 0 Å². The van der Waals surface area contributed by atoms with Crippen LogP contribution in [-0.4, -0.2) is 36.2 Å². The van der Waals surface area contributed by atoms with Crippen molar-refractivity contribution in [2.75, 3.05) is 13.1 Å². The summed E-state index contributed by atoms with van der Waals surface area (Å²) in [6, 6.07) is 0.0941. The predicted octanol–water partition coefficient (Wildman–Crippen LogP) is 2.53. The molecule has 1 aliphatic carbocycles. The second-order valence-electron chi connectivity index (χ2n) is 4.67. The van der Waals surface area contributed by atoms with Gasteiger partial charge in [0.05, 0.1) is 6.54 Å². The molecule has 0 spiro atoms. The Balaban J connectivity index is 2.54. The van der Waals surface area contributed by atoms with E-state index in [1.165, 1.54) is 0 Å². The Labute approximate surface area is 95.0 Å². The standard InChI is InChI=1S/C11H21F3N2/c1-2-6-16(8-11(12,13)14)10-5-3-4-9(15)7-10/h9-10H,2-8,15H2,1H3. The predicted molar refractivity (Wildman–Crippen MR) is 58.2 cm³/mol. The van der Waals surface area contributed by atoms with Gasteiger partial charge in [-0.2, -0.15) is 13.2 Å². The van der Waals surface area contributed by atoms with E-state index in [0.717, 1.165) is 25.7 Å². The molecule has 2 nitrogen and oxygen atoms in total. The molecule has 1 rings (SSSR count). The Morgan fingerprint density at radius 3 is 2.50 bits per heavy atom. The second-order valence-corrected chi connectivity index (χ2v) is 4.67. The van der Waals surface area contributed by atoms with Crippen LogP contribution in [0.15, 0.2) is 0 Å². The molecule has 2 N–H and O–H groups in total. The first kappa shape index (κ1) is 13.8. The molecule has 1 aliphatic rings. The fourth-order valence-corrected chi connectivity index (χ4v) is 2.44. The van der Waals surface area contributed by atoms with Gasteiger partial charge in [-0.1, -0.05) is 13.3 Å². The molecule has 16 heavy (non-hydrogen) atoms. The third-order valence-electron chi connectivity index (χ3n) is 3.10. The molecule has 1 fully saturated rings. The lowest BCUT2D eigenvalue weighted by atomic mass is 9.90. The van der Waals surface area contributed by atoms with Crippen molar-refractivity contribution in [3.05, 3.63) is 0 Å². The van der Waals surface area contributed by atoms with Crippen LogP contribution in [-0.2, 0) is 0 Å². The molecular formula is C11H21F3N2.